The van der Waals surface area contributed by atoms with Crippen molar-refractivity contribution in [2.75, 3.05) is 20.1 Å². The van der Waals surface area contributed by atoms with E-state index in [0.29, 0.717) is 0 Å². The number of nitrogens with zero attached hydrogens (tertiary/aromatic N) is 5. The van der Waals surface area contributed by atoms with Crippen LogP contribution in [-0.4, -0.2) is 45.8 Å². The Kier molecular flexibility index (Phi) is 10.1. The summed E-state index contributed by atoms with van der Waals surface area (Å²) in [7, 11) is 2.08. The molecule has 1 heterocycles. The molecule has 7 heteroatoms. The summed E-state index contributed by atoms with van der Waals surface area (Å²) in [5.74, 6) is 0.959. The van der Waals surface area contributed by atoms with Crippen LogP contribution in [0.15, 0.2) is 48.0 Å². The molecule has 0 amide bonds. The number of unbranched alkanes of at least 4 members (excludes halogenated alkanes) is 1. The van der Waals surface area contributed by atoms with E-state index in [1.54, 1.807) is 12.7 Å². The van der Waals surface area contributed by atoms with Crippen molar-refractivity contribution in [2.24, 2.45) is 4.99 Å². The predicted octanol–water partition coefficient (Wildman–Crippen LogP) is 2.77. The molecule has 0 saturated heterocycles. The number of rotatable bonds is 8. The molecule has 0 unspecified atom stereocenters. The largest absolute Gasteiger partial charge is 0.357 e. The Hall–Kier alpha value is -1.64. The summed E-state index contributed by atoms with van der Waals surface area (Å²) in [4.78, 5) is 6.88. The summed E-state index contributed by atoms with van der Waals surface area (Å²) >= 11 is 0. The van der Waals surface area contributed by atoms with Crippen LogP contribution >= 0.6 is 24.0 Å². The number of guanidine groups is 1. The second-order valence-electron chi connectivity index (χ2n) is 5.48. The van der Waals surface area contributed by atoms with Gasteiger partial charge in [0.15, 0.2) is 5.96 Å². The van der Waals surface area contributed by atoms with E-state index in [-0.39, 0.29) is 24.0 Å². The van der Waals surface area contributed by atoms with Crippen molar-refractivity contribution in [2.45, 2.75) is 32.9 Å². The Bertz CT molecular complexity index is 570. The van der Waals surface area contributed by atoms with Gasteiger partial charge in [-0.05, 0) is 25.3 Å². The number of halogens is 1. The van der Waals surface area contributed by atoms with Crippen LogP contribution in [0.5, 0.6) is 0 Å². The van der Waals surface area contributed by atoms with Crippen LogP contribution in [0.1, 0.15) is 25.3 Å². The van der Waals surface area contributed by atoms with Gasteiger partial charge in [0.1, 0.15) is 12.7 Å². The molecule has 0 aliphatic heterocycles. The maximum Gasteiger partial charge on any atom is 0.193 e. The summed E-state index contributed by atoms with van der Waals surface area (Å²) in [6, 6.07) is 10.5. The third-order valence-corrected chi connectivity index (χ3v) is 3.51. The van der Waals surface area contributed by atoms with Crippen molar-refractivity contribution < 1.29 is 0 Å². The van der Waals surface area contributed by atoms with E-state index in [1.807, 2.05) is 10.6 Å². The van der Waals surface area contributed by atoms with Crippen LogP contribution in [0.4, 0.5) is 0 Å². The molecule has 0 saturated carbocycles. The second-order valence-corrected chi connectivity index (χ2v) is 5.48. The van der Waals surface area contributed by atoms with E-state index >= 15 is 0 Å². The normalized spacial score (nSPS) is 11.0. The molecule has 1 aromatic carbocycles. The van der Waals surface area contributed by atoms with Crippen molar-refractivity contribution in [3.8, 4) is 0 Å². The Morgan fingerprint density at radius 1 is 1.17 bits per heavy atom. The molecular formula is C17H27IN6. The highest BCUT2D eigenvalue weighted by molar-refractivity contribution is 14.0. The second kappa shape index (κ2) is 11.8. The van der Waals surface area contributed by atoms with E-state index in [0.717, 1.165) is 45.0 Å². The molecule has 6 nitrogen and oxygen atoms in total. The van der Waals surface area contributed by atoms with E-state index < -0.39 is 0 Å². The van der Waals surface area contributed by atoms with Crippen molar-refractivity contribution >= 4 is 29.9 Å². The average Bonchev–Trinajstić information content (AvgIpc) is 3.08. The number of hydrogen-bond donors (Lipinski definition) is 1. The van der Waals surface area contributed by atoms with Gasteiger partial charge in [-0.1, -0.05) is 30.3 Å². The molecule has 2 rings (SSSR count). The Morgan fingerprint density at radius 3 is 2.54 bits per heavy atom. The quantitative estimate of drug-likeness (QED) is 0.296. The molecule has 0 fully saturated rings. The SMILES string of the molecule is CCNC(=NCCCCn1cnnc1)N(C)Cc1ccccc1.I. The van der Waals surface area contributed by atoms with Crippen molar-refractivity contribution in [3.63, 3.8) is 0 Å². The zero-order valence-corrected chi connectivity index (χ0v) is 16.8. The van der Waals surface area contributed by atoms with Gasteiger partial charge in [0.2, 0.25) is 0 Å². The van der Waals surface area contributed by atoms with Crippen LogP contribution in [0, 0.1) is 0 Å². The highest BCUT2D eigenvalue weighted by Gasteiger charge is 2.05. The predicted molar refractivity (Wildman–Crippen MR) is 109 cm³/mol. The fraction of sp³-hybridized carbons (Fsp3) is 0.471. The first-order valence-electron chi connectivity index (χ1n) is 8.15. The lowest BCUT2D eigenvalue weighted by Crippen LogP contribution is -2.38. The number of nitrogens with one attached hydrogen (secondary N) is 1. The van der Waals surface area contributed by atoms with Gasteiger partial charge in [-0.3, -0.25) is 4.99 Å². The van der Waals surface area contributed by atoms with Gasteiger partial charge >= 0.3 is 0 Å². The molecule has 1 N–H and O–H groups in total. The number of aryl methyl sites for hydroxylation is 1. The van der Waals surface area contributed by atoms with Crippen LogP contribution in [0.3, 0.4) is 0 Å². The highest BCUT2D eigenvalue weighted by atomic mass is 127. The van der Waals surface area contributed by atoms with Crippen LogP contribution in [-0.2, 0) is 13.1 Å². The standard InChI is InChI=1S/C17H26N6.HI/c1-3-18-17(22(2)13-16-9-5-4-6-10-16)19-11-7-8-12-23-14-20-21-15-23;/h4-6,9-10,14-15H,3,7-8,11-13H2,1-2H3,(H,18,19);1H. The van der Waals surface area contributed by atoms with E-state index in [9.17, 15) is 0 Å². The minimum Gasteiger partial charge on any atom is -0.357 e. The van der Waals surface area contributed by atoms with Crippen LogP contribution in [0.25, 0.3) is 0 Å². The average molecular weight is 442 g/mol. The number of aliphatic imine (C=N–C) groups is 1. The maximum atomic E-state index is 4.72. The monoisotopic (exact) mass is 442 g/mol. The van der Waals surface area contributed by atoms with Crippen molar-refractivity contribution in [1.29, 1.82) is 0 Å². The van der Waals surface area contributed by atoms with Gasteiger partial charge in [-0.25, -0.2) is 0 Å². The fourth-order valence-electron chi connectivity index (χ4n) is 2.33. The molecule has 0 bridgehead atoms. The third-order valence-electron chi connectivity index (χ3n) is 3.51. The molecule has 0 spiro atoms. The molecule has 0 radical (unpaired) electrons. The van der Waals surface area contributed by atoms with Gasteiger partial charge in [-0.15, -0.1) is 34.2 Å². The van der Waals surface area contributed by atoms with Gasteiger partial charge < -0.3 is 14.8 Å². The summed E-state index contributed by atoms with van der Waals surface area (Å²) in [6.07, 6.45) is 5.62. The van der Waals surface area contributed by atoms with Gasteiger partial charge in [0.05, 0.1) is 0 Å². The first kappa shape index (κ1) is 20.4. The van der Waals surface area contributed by atoms with E-state index in [1.165, 1.54) is 5.56 Å². The number of benzene rings is 1. The molecular weight excluding hydrogens is 415 g/mol. The lowest BCUT2D eigenvalue weighted by atomic mass is 10.2. The van der Waals surface area contributed by atoms with Gasteiger partial charge in [0.25, 0.3) is 0 Å². The Labute approximate surface area is 161 Å². The first-order valence-corrected chi connectivity index (χ1v) is 8.15. The zero-order chi connectivity index (χ0) is 16.3. The lowest BCUT2D eigenvalue weighted by Gasteiger charge is -2.22. The molecule has 0 atom stereocenters. The van der Waals surface area contributed by atoms with Crippen LogP contribution in [0.2, 0.25) is 0 Å². The Balaban J connectivity index is 0.00000288. The lowest BCUT2D eigenvalue weighted by molar-refractivity contribution is 0.475. The minimum atomic E-state index is 0. The fourth-order valence-corrected chi connectivity index (χ4v) is 2.33. The highest BCUT2D eigenvalue weighted by Crippen LogP contribution is 2.03. The molecule has 0 aliphatic carbocycles. The smallest absolute Gasteiger partial charge is 0.193 e. The first-order chi connectivity index (χ1) is 11.3. The van der Waals surface area contributed by atoms with Gasteiger partial charge in [-0.2, -0.15) is 0 Å². The molecule has 0 aliphatic rings. The number of hydrogen-bond acceptors (Lipinski definition) is 3. The Morgan fingerprint density at radius 2 is 1.88 bits per heavy atom. The third kappa shape index (κ3) is 7.29. The summed E-state index contributed by atoms with van der Waals surface area (Å²) in [5.41, 5.74) is 1.29. The summed E-state index contributed by atoms with van der Waals surface area (Å²) in [5, 5.41) is 11.0. The van der Waals surface area contributed by atoms with Crippen LogP contribution < -0.4 is 5.32 Å². The maximum absolute atomic E-state index is 4.72. The zero-order valence-electron chi connectivity index (χ0n) is 14.4. The minimum absolute atomic E-state index is 0. The van der Waals surface area contributed by atoms with Gasteiger partial charge in [0, 0.05) is 33.2 Å². The molecule has 2 aromatic rings. The molecule has 132 valence electrons. The summed E-state index contributed by atoms with van der Waals surface area (Å²) < 4.78 is 2.00. The molecule has 24 heavy (non-hydrogen) atoms. The molecule has 1 aromatic heterocycles. The van der Waals surface area contributed by atoms with E-state index in [2.05, 4.69) is 58.7 Å². The van der Waals surface area contributed by atoms with E-state index in [4.69, 9.17) is 4.99 Å². The van der Waals surface area contributed by atoms with Crippen molar-refractivity contribution in [3.05, 3.63) is 48.5 Å². The topological polar surface area (TPSA) is 58.3 Å². The van der Waals surface area contributed by atoms with Crippen molar-refractivity contribution in [1.82, 2.24) is 25.0 Å². The summed E-state index contributed by atoms with van der Waals surface area (Å²) in [6.45, 7) is 5.59. The number of aromatic nitrogens is 3.